The SMILES string of the molecule is CCCc1cc2n(n1)C(C1CCCO1)CCN2. The van der Waals surface area contributed by atoms with Gasteiger partial charge >= 0.3 is 0 Å². The van der Waals surface area contributed by atoms with Gasteiger partial charge in [0, 0.05) is 19.2 Å². The van der Waals surface area contributed by atoms with Crippen LogP contribution in [0.3, 0.4) is 0 Å². The molecule has 0 bridgehead atoms. The van der Waals surface area contributed by atoms with Gasteiger partial charge in [-0.25, -0.2) is 4.68 Å². The number of aryl methyl sites for hydroxylation is 1. The summed E-state index contributed by atoms with van der Waals surface area (Å²) >= 11 is 0. The fourth-order valence-electron chi connectivity index (χ4n) is 2.93. The van der Waals surface area contributed by atoms with E-state index >= 15 is 0 Å². The Kier molecular flexibility index (Phi) is 3.05. The van der Waals surface area contributed by atoms with Crippen LogP contribution in [0.15, 0.2) is 6.07 Å². The van der Waals surface area contributed by atoms with Crippen molar-refractivity contribution < 1.29 is 4.74 Å². The van der Waals surface area contributed by atoms with E-state index in [0.717, 1.165) is 32.4 Å². The van der Waals surface area contributed by atoms with Crippen molar-refractivity contribution in [2.75, 3.05) is 18.5 Å². The van der Waals surface area contributed by atoms with Crippen LogP contribution in [-0.2, 0) is 11.2 Å². The summed E-state index contributed by atoms with van der Waals surface area (Å²) in [5.41, 5.74) is 1.21. The Morgan fingerprint density at radius 1 is 1.53 bits per heavy atom. The largest absolute Gasteiger partial charge is 0.376 e. The minimum atomic E-state index is 0.380. The third-order valence-corrected chi connectivity index (χ3v) is 3.75. The summed E-state index contributed by atoms with van der Waals surface area (Å²) < 4.78 is 8.00. The summed E-state index contributed by atoms with van der Waals surface area (Å²) in [5, 5.41) is 8.18. The number of hydrogen-bond acceptors (Lipinski definition) is 3. The maximum Gasteiger partial charge on any atom is 0.124 e. The zero-order valence-electron chi connectivity index (χ0n) is 10.5. The summed E-state index contributed by atoms with van der Waals surface area (Å²) in [7, 11) is 0. The molecule has 4 heteroatoms. The molecule has 2 aliphatic heterocycles. The predicted molar refractivity (Wildman–Crippen MR) is 67.3 cm³/mol. The van der Waals surface area contributed by atoms with Crippen molar-refractivity contribution in [3.05, 3.63) is 11.8 Å². The summed E-state index contributed by atoms with van der Waals surface area (Å²) in [6, 6.07) is 2.64. The number of nitrogens with one attached hydrogen (secondary N) is 1. The molecule has 0 aromatic carbocycles. The molecule has 1 aromatic heterocycles. The van der Waals surface area contributed by atoms with Crippen LogP contribution in [-0.4, -0.2) is 29.0 Å². The minimum Gasteiger partial charge on any atom is -0.376 e. The van der Waals surface area contributed by atoms with E-state index in [2.05, 4.69) is 23.0 Å². The molecule has 94 valence electrons. The Morgan fingerprint density at radius 3 is 3.24 bits per heavy atom. The van der Waals surface area contributed by atoms with E-state index in [0.29, 0.717) is 12.1 Å². The highest BCUT2D eigenvalue weighted by Gasteiger charge is 2.31. The van der Waals surface area contributed by atoms with Crippen molar-refractivity contribution in [2.45, 2.75) is 51.2 Å². The molecule has 3 heterocycles. The first-order chi connectivity index (χ1) is 8.38. The Labute approximate surface area is 102 Å². The highest BCUT2D eigenvalue weighted by atomic mass is 16.5. The van der Waals surface area contributed by atoms with E-state index in [4.69, 9.17) is 9.84 Å². The lowest BCUT2D eigenvalue weighted by atomic mass is 10.0. The zero-order valence-corrected chi connectivity index (χ0v) is 10.5. The molecule has 2 aliphatic rings. The normalized spacial score (nSPS) is 27.8. The fraction of sp³-hybridized carbons (Fsp3) is 0.769. The summed E-state index contributed by atoms with van der Waals surface area (Å²) in [5.74, 6) is 1.18. The van der Waals surface area contributed by atoms with E-state index in [1.165, 1.54) is 24.4 Å². The standard InChI is InChI=1S/C13H21N3O/c1-2-4-10-9-13-14-7-6-11(16(13)15-10)12-5-3-8-17-12/h9,11-12,14H,2-8H2,1H3. The van der Waals surface area contributed by atoms with Crippen LogP contribution in [0.5, 0.6) is 0 Å². The summed E-state index contributed by atoms with van der Waals surface area (Å²) in [4.78, 5) is 0. The van der Waals surface area contributed by atoms with Crippen molar-refractivity contribution in [1.29, 1.82) is 0 Å². The molecule has 1 saturated heterocycles. The number of aromatic nitrogens is 2. The fourth-order valence-corrected chi connectivity index (χ4v) is 2.93. The molecule has 0 spiro atoms. The van der Waals surface area contributed by atoms with Gasteiger partial charge in [-0.1, -0.05) is 13.3 Å². The lowest BCUT2D eigenvalue weighted by molar-refractivity contribution is 0.0590. The molecule has 2 atom stereocenters. The molecule has 1 N–H and O–H groups in total. The maximum absolute atomic E-state index is 5.83. The average molecular weight is 235 g/mol. The zero-order chi connectivity index (χ0) is 11.7. The van der Waals surface area contributed by atoms with Crippen molar-refractivity contribution in [2.24, 2.45) is 0 Å². The Bertz CT molecular complexity index is 382. The Hall–Kier alpha value is -1.03. The molecule has 2 unspecified atom stereocenters. The number of anilines is 1. The first kappa shape index (κ1) is 11.1. The van der Waals surface area contributed by atoms with Gasteiger partial charge in [0.25, 0.3) is 0 Å². The lowest BCUT2D eigenvalue weighted by Crippen LogP contribution is -2.31. The van der Waals surface area contributed by atoms with Crippen molar-refractivity contribution in [3.63, 3.8) is 0 Å². The quantitative estimate of drug-likeness (QED) is 0.874. The van der Waals surface area contributed by atoms with Gasteiger partial charge in [-0.2, -0.15) is 5.10 Å². The van der Waals surface area contributed by atoms with Crippen molar-refractivity contribution >= 4 is 5.82 Å². The summed E-state index contributed by atoms with van der Waals surface area (Å²) in [6.45, 7) is 4.16. The first-order valence-corrected chi connectivity index (χ1v) is 6.82. The molecule has 0 radical (unpaired) electrons. The highest BCUT2D eigenvalue weighted by molar-refractivity contribution is 5.39. The number of nitrogens with zero attached hydrogens (tertiary/aromatic N) is 2. The molecule has 1 fully saturated rings. The molecule has 0 amide bonds. The van der Waals surface area contributed by atoms with E-state index in [1.807, 2.05) is 0 Å². The smallest absolute Gasteiger partial charge is 0.124 e. The first-order valence-electron chi connectivity index (χ1n) is 6.82. The van der Waals surface area contributed by atoms with Gasteiger partial charge in [-0.05, 0) is 25.7 Å². The van der Waals surface area contributed by atoms with E-state index in [1.54, 1.807) is 0 Å². The second-order valence-electron chi connectivity index (χ2n) is 5.05. The molecule has 0 aliphatic carbocycles. The molecule has 0 saturated carbocycles. The topological polar surface area (TPSA) is 39.1 Å². The van der Waals surface area contributed by atoms with Gasteiger partial charge in [0.05, 0.1) is 17.8 Å². The van der Waals surface area contributed by atoms with Crippen LogP contribution >= 0.6 is 0 Å². The van der Waals surface area contributed by atoms with Gasteiger partial charge in [0.1, 0.15) is 5.82 Å². The van der Waals surface area contributed by atoms with Crippen LogP contribution in [0.1, 0.15) is 44.3 Å². The van der Waals surface area contributed by atoms with E-state index in [9.17, 15) is 0 Å². The van der Waals surface area contributed by atoms with Gasteiger partial charge < -0.3 is 10.1 Å². The lowest BCUT2D eigenvalue weighted by Gasteiger charge is -2.29. The molecule has 17 heavy (non-hydrogen) atoms. The Morgan fingerprint density at radius 2 is 2.47 bits per heavy atom. The maximum atomic E-state index is 5.83. The number of ether oxygens (including phenoxy) is 1. The van der Waals surface area contributed by atoms with Crippen LogP contribution in [0.4, 0.5) is 5.82 Å². The van der Waals surface area contributed by atoms with Crippen LogP contribution < -0.4 is 5.32 Å². The van der Waals surface area contributed by atoms with Crippen LogP contribution in [0, 0.1) is 0 Å². The molecular weight excluding hydrogens is 214 g/mol. The molecule has 3 rings (SSSR count). The highest BCUT2D eigenvalue weighted by Crippen LogP contribution is 2.32. The number of hydrogen-bond donors (Lipinski definition) is 1. The van der Waals surface area contributed by atoms with Crippen molar-refractivity contribution in [1.82, 2.24) is 9.78 Å². The average Bonchev–Trinajstić information content (AvgIpc) is 2.97. The second kappa shape index (κ2) is 4.69. The van der Waals surface area contributed by atoms with Gasteiger partial charge in [0.15, 0.2) is 0 Å². The van der Waals surface area contributed by atoms with Gasteiger partial charge in [-0.3, -0.25) is 0 Å². The number of fused-ring (bicyclic) bond motifs is 1. The van der Waals surface area contributed by atoms with E-state index in [-0.39, 0.29) is 0 Å². The minimum absolute atomic E-state index is 0.380. The third-order valence-electron chi connectivity index (χ3n) is 3.75. The van der Waals surface area contributed by atoms with Gasteiger partial charge in [-0.15, -0.1) is 0 Å². The monoisotopic (exact) mass is 235 g/mol. The predicted octanol–water partition coefficient (Wildman–Crippen LogP) is 2.37. The van der Waals surface area contributed by atoms with Gasteiger partial charge in [0.2, 0.25) is 0 Å². The third kappa shape index (κ3) is 2.06. The molecule has 4 nitrogen and oxygen atoms in total. The second-order valence-corrected chi connectivity index (χ2v) is 5.05. The number of rotatable bonds is 3. The molecular formula is C13H21N3O. The van der Waals surface area contributed by atoms with Crippen LogP contribution in [0.2, 0.25) is 0 Å². The summed E-state index contributed by atoms with van der Waals surface area (Å²) in [6.07, 6.45) is 6.12. The molecule has 1 aromatic rings. The van der Waals surface area contributed by atoms with Crippen molar-refractivity contribution in [3.8, 4) is 0 Å². The van der Waals surface area contributed by atoms with Crippen LogP contribution in [0.25, 0.3) is 0 Å². The van der Waals surface area contributed by atoms with E-state index < -0.39 is 0 Å². The Balaban J connectivity index is 1.84.